The van der Waals surface area contributed by atoms with E-state index in [1.807, 2.05) is 33.3 Å². The van der Waals surface area contributed by atoms with Gasteiger partial charge in [0, 0.05) is 0 Å². The topological polar surface area (TPSA) is 102 Å². The van der Waals surface area contributed by atoms with Crippen molar-refractivity contribution in [1.29, 1.82) is 0 Å². The van der Waals surface area contributed by atoms with Crippen LogP contribution in [0.1, 0.15) is 57.4 Å². The monoisotopic (exact) mass is 474 g/mol. The third-order valence-electron chi connectivity index (χ3n) is 4.72. The van der Waals surface area contributed by atoms with Crippen LogP contribution in [0, 0.1) is 0 Å². The molecule has 0 aromatic heterocycles. The fourth-order valence-electron chi connectivity index (χ4n) is 3.28. The van der Waals surface area contributed by atoms with Crippen LogP contribution in [0.5, 0.6) is 5.75 Å². The van der Waals surface area contributed by atoms with Crippen molar-refractivity contribution >= 4 is 13.8 Å². The van der Waals surface area contributed by atoms with Crippen LogP contribution in [0.15, 0.2) is 24.3 Å². The number of hydrogen-bond donors (Lipinski definition) is 2. The minimum Gasteiger partial charge on any atom is -0.494 e. The number of nitrogens with zero attached hydrogens (tertiary/aromatic N) is 1. The highest BCUT2D eigenvalue weighted by molar-refractivity contribution is 7.47. The molecule has 0 bridgehead atoms. The molecule has 0 amide bonds. The van der Waals surface area contributed by atoms with Crippen molar-refractivity contribution in [3.63, 3.8) is 0 Å². The number of quaternary nitrogens is 1. The molecule has 2 unspecified atom stereocenters. The molecule has 0 aliphatic rings. The highest BCUT2D eigenvalue weighted by Gasteiger charge is 2.31. The number of likely N-dealkylation sites (N-methyl/N-ethyl adjacent to an activating group) is 1. The quantitative estimate of drug-likeness (QED) is 0.181. The first-order chi connectivity index (χ1) is 15.0. The summed E-state index contributed by atoms with van der Waals surface area (Å²) in [6, 6.07) is 8.10. The summed E-state index contributed by atoms with van der Waals surface area (Å²) in [4.78, 5) is 21.0. The summed E-state index contributed by atoms with van der Waals surface area (Å²) in [5.41, 5.74) is 1.20. The van der Waals surface area contributed by atoms with Crippen LogP contribution in [-0.2, 0) is 24.8 Å². The molecule has 0 saturated heterocycles. The molecule has 1 rings (SSSR count). The highest BCUT2D eigenvalue weighted by atomic mass is 31.2. The molecule has 2 atom stereocenters. The second-order valence-electron chi connectivity index (χ2n) is 9.11. The number of aryl methyl sites for hydroxylation is 1. The average molecular weight is 475 g/mol. The van der Waals surface area contributed by atoms with Gasteiger partial charge in [0.1, 0.15) is 18.4 Å². The fraction of sp³-hybridized carbons (Fsp3) is 0.696. The van der Waals surface area contributed by atoms with Gasteiger partial charge in [0.05, 0.1) is 40.8 Å². The van der Waals surface area contributed by atoms with E-state index < -0.39 is 19.9 Å². The van der Waals surface area contributed by atoms with Gasteiger partial charge in [-0.1, -0.05) is 38.3 Å². The van der Waals surface area contributed by atoms with Gasteiger partial charge in [-0.05, 0) is 43.4 Å². The summed E-state index contributed by atoms with van der Waals surface area (Å²) in [6.07, 6.45) is 5.40. The number of carboxylic acids is 1. The van der Waals surface area contributed by atoms with E-state index >= 15 is 0 Å². The van der Waals surface area contributed by atoms with E-state index in [1.165, 1.54) is 18.4 Å². The molecule has 9 heteroatoms. The third-order valence-corrected chi connectivity index (χ3v) is 5.79. The van der Waals surface area contributed by atoms with Gasteiger partial charge in [0.2, 0.25) is 0 Å². The Bertz CT molecular complexity index is 721. The van der Waals surface area contributed by atoms with Crippen LogP contribution >= 0.6 is 7.82 Å². The van der Waals surface area contributed by atoms with E-state index in [1.54, 1.807) is 0 Å². The predicted molar refractivity (Wildman–Crippen MR) is 125 cm³/mol. The first-order valence-corrected chi connectivity index (χ1v) is 12.9. The molecule has 0 aliphatic carbocycles. The minimum absolute atomic E-state index is 0.0819. The number of phosphoric acid groups is 1. The lowest BCUT2D eigenvalue weighted by molar-refractivity contribution is -0.873. The van der Waals surface area contributed by atoms with Crippen molar-refractivity contribution in [3.8, 4) is 5.75 Å². The molecule has 0 spiro atoms. The van der Waals surface area contributed by atoms with Crippen molar-refractivity contribution in [3.05, 3.63) is 29.8 Å². The lowest BCUT2D eigenvalue weighted by Gasteiger charge is -2.29. The first-order valence-electron chi connectivity index (χ1n) is 11.4. The standard InChI is InChI=1S/C23H40NO7P/c1-5-6-9-15-29-21-14-11-13-20(17-21)12-8-7-10-16-30-32(27,28)31-22(18-23(25)26)19-24(2,3)4/h11,13-14,17,22H,5-10,12,15-16,18-19H2,1-4H3,(H-,25,26,27,28)/p+1. The molecular weight excluding hydrogens is 433 g/mol. The van der Waals surface area contributed by atoms with Crippen molar-refractivity contribution < 1.29 is 37.6 Å². The lowest BCUT2D eigenvalue weighted by atomic mass is 10.1. The van der Waals surface area contributed by atoms with Gasteiger partial charge in [-0.25, -0.2) is 4.57 Å². The number of ether oxygens (including phenoxy) is 1. The van der Waals surface area contributed by atoms with E-state index in [0.717, 1.165) is 38.0 Å². The second-order valence-corrected chi connectivity index (χ2v) is 10.5. The highest BCUT2D eigenvalue weighted by Crippen LogP contribution is 2.45. The van der Waals surface area contributed by atoms with E-state index in [2.05, 4.69) is 19.1 Å². The molecule has 0 heterocycles. The Kier molecular flexibility index (Phi) is 13.1. The SMILES string of the molecule is CCCCCOc1cccc(CCCCCOP(=O)(O)OC(CC(=O)O)C[N+](C)(C)C)c1. The number of hydrogen-bond acceptors (Lipinski definition) is 5. The predicted octanol–water partition coefficient (Wildman–Crippen LogP) is 4.65. The van der Waals surface area contributed by atoms with Gasteiger partial charge in [-0.2, -0.15) is 0 Å². The third kappa shape index (κ3) is 14.6. The molecule has 1 aromatic carbocycles. The van der Waals surface area contributed by atoms with Crippen LogP contribution in [0.25, 0.3) is 0 Å². The molecule has 8 nitrogen and oxygen atoms in total. The van der Waals surface area contributed by atoms with Crippen LogP contribution in [-0.4, -0.2) is 67.5 Å². The molecule has 0 aliphatic heterocycles. The number of unbranched alkanes of at least 4 members (excludes halogenated alkanes) is 4. The lowest BCUT2D eigenvalue weighted by Crippen LogP contribution is -2.42. The Balaban J connectivity index is 2.32. The van der Waals surface area contributed by atoms with Crippen LogP contribution < -0.4 is 4.74 Å². The molecule has 184 valence electrons. The summed E-state index contributed by atoms with van der Waals surface area (Å²) in [6.45, 7) is 3.26. The Labute approximate surface area is 192 Å². The van der Waals surface area contributed by atoms with E-state index in [9.17, 15) is 14.3 Å². The van der Waals surface area contributed by atoms with Gasteiger partial charge < -0.3 is 19.2 Å². The average Bonchev–Trinajstić information content (AvgIpc) is 2.66. The van der Waals surface area contributed by atoms with Crippen molar-refractivity contribution in [2.24, 2.45) is 0 Å². The smallest absolute Gasteiger partial charge is 0.472 e. The Morgan fingerprint density at radius 1 is 1.09 bits per heavy atom. The van der Waals surface area contributed by atoms with Crippen molar-refractivity contribution in [2.75, 3.05) is 40.9 Å². The Morgan fingerprint density at radius 3 is 2.47 bits per heavy atom. The summed E-state index contributed by atoms with van der Waals surface area (Å²) in [5.74, 6) is -0.191. The summed E-state index contributed by atoms with van der Waals surface area (Å²) >= 11 is 0. The molecule has 2 N–H and O–H groups in total. The Morgan fingerprint density at radius 2 is 1.81 bits per heavy atom. The minimum atomic E-state index is -4.31. The van der Waals surface area contributed by atoms with Gasteiger partial charge in [0.15, 0.2) is 0 Å². The number of aliphatic carboxylic acids is 1. The number of carbonyl (C=O) groups is 1. The van der Waals surface area contributed by atoms with Crippen molar-refractivity contribution in [1.82, 2.24) is 0 Å². The normalized spacial score (nSPS) is 14.7. The van der Waals surface area contributed by atoms with E-state index in [-0.39, 0.29) is 19.6 Å². The maximum absolute atomic E-state index is 12.2. The molecule has 1 aromatic rings. The number of carboxylic acid groups (broad SMARTS) is 1. The fourth-order valence-corrected chi connectivity index (χ4v) is 4.22. The summed E-state index contributed by atoms with van der Waals surface area (Å²) < 4.78 is 28.6. The maximum Gasteiger partial charge on any atom is 0.472 e. The molecule has 0 radical (unpaired) electrons. The molecule has 32 heavy (non-hydrogen) atoms. The zero-order valence-electron chi connectivity index (χ0n) is 20.0. The maximum atomic E-state index is 12.2. The number of phosphoric ester groups is 1. The van der Waals surface area contributed by atoms with Gasteiger partial charge in [-0.3, -0.25) is 13.8 Å². The number of rotatable bonds is 18. The Hall–Kier alpha value is -1.44. The van der Waals surface area contributed by atoms with Crippen LogP contribution in [0.4, 0.5) is 0 Å². The summed E-state index contributed by atoms with van der Waals surface area (Å²) in [5, 5.41) is 9.02. The van der Waals surface area contributed by atoms with E-state index in [4.69, 9.17) is 18.9 Å². The van der Waals surface area contributed by atoms with Gasteiger partial charge in [-0.15, -0.1) is 0 Å². The molecule has 0 fully saturated rings. The largest absolute Gasteiger partial charge is 0.494 e. The van der Waals surface area contributed by atoms with Gasteiger partial charge in [0.25, 0.3) is 0 Å². The molecular formula is C23H41NO7P+. The second kappa shape index (κ2) is 14.7. The van der Waals surface area contributed by atoms with Crippen molar-refractivity contribution in [2.45, 2.75) is 64.4 Å². The zero-order valence-corrected chi connectivity index (χ0v) is 20.9. The summed E-state index contributed by atoms with van der Waals surface area (Å²) in [7, 11) is 1.26. The van der Waals surface area contributed by atoms with Crippen LogP contribution in [0.3, 0.4) is 0 Å². The first kappa shape index (κ1) is 28.6. The molecule has 0 saturated carbocycles. The number of benzene rings is 1. The van der Waals surface area contributed by atoms with Crippen LogP contribution in [0.2, 0.25) is 0 Å². The van der Waals surface area contributed by atoms with Gasteiger partial charge >= 0.3 is 13.8 Å². The zero-order chi connectivity index (χ0) is 24.0. The van der Waals surface area contributed by atoms with E-state index in [0.29, 0.717) is 10.9 Å².